The van der Waals surface area contributed by atoms with Crippen LogP contribution in [0.3, 0.4) is 0 Å². The fourth-order valence-corrected chi connectivity index (χ4v) is 2.21. The Bertz CT molecular complexity index is 580. The molecule has 0 aliphatic rings. The number of hydrogen-bond acceptors (Lipinski definition) is 3. The minimum Gasteiger partial charge on any atom is -0.370 e. The van der Waals surface area contributed by atoms with Crippen molar-refractivity contribution in [3.63, 3.8) is 0 Å². The molecular weight excluding hydrogens is 246 g/mol. The van der Waals surface area contributed by atoms with Crippen molar-refractivity contribution < 1.29 is 0 Å². The van der Waals surface area contributed by atoms with E-state index in [0.717, 1.165) is 29.2 Å². The molecule has 0 fully saturated rings. The first-order valence-corrected chi connectivity index (χ1v) is 7.10. The van der Waals surface area contributed by atoms with E-state index in [1.165, 1.54) is 5.56 Å². The van der Waals surface area contributed by atoms with Gasteiger partial charge in [0.1, 0.15) is 12.1 Å². The van der Waals surface area contributed by atoms with Crippen LogP contribution in [0.1, 0.15) is 38.8 Å². The lowest BCUT2D eigenvalue weighted by Gasteiger charge is -2.19. The van der Waals surface area contributed by atoms with E-state index in [0.29, 0.717) is 0 Å². The monoisotopic (exact) mass is 269 g/mol. The summed E-state index contributed by atoms with van der Waals surface area (Å²) in [5.41, 5.74) is 4.74. The summed E-state index contributed by atoms with van der Waals surface area (Å²) in [6, 6.07) is 8.66. The van der Waals surface area contributed by atoms with Gasteiger partial charge < -0.3 is 5.32 Å². The topological polar surface area (TPSA) is 37.8 Å². The lowest BCUT2D eigenvalue weighted by atomic mass is 9.86. The molecule has 0 amide bonds. The lowest BCUT2D eigenvalue weighted by Crippen LogP contribution is -2.10. The standard InChI is InChI=1S/C17H23N3/c1-6-18-16-12(2)15(19-11-20-16)13-7-9-14(10-8-13)17(3,4)5/h7-11H,6H2,1-5H3,(H,18,19,20). The van der Waals surface area contributed by atoms with Crippen molar-refractivity contribution in [1.82, 2.24) is 9.97 Å². The second kappa shape index (κ2) is 5.61. The average molecular weight is 269 g/mol. The molecule has 0 atom stereocenters. The van der Waals surface area contributed by atoms with E-state index in [9.17, 15) is 0 Å². The quantitative estimate of drug-likeness (QED) is 0.908. The fraction of sp³-hybridized carbons (Fsp3) is 0.412. The predicted octanol–water partition coefficient (Wildman–Crippen LogP) is 4.18. The molecule has 0 aliphatic heterocycles. The predicted molar refractivity (Wildman–Crippen MR) is 85.1 cm³/mol. The van der Waals surface area contributed by atoms with Crippen molar-refractivity contribution in [2.45, 2.75) is 40.0 Å². The molecule has 1 heterocycles. The molecule has 0 unspecified atom stereocenters. The normalized spacial score (nSPS) is 11.4. The average Bonchev–Trinajstić information content (AvgIpc) is 2.41. The summed E-state index contributed by atoms with van der Waals surface area (Å²) < 4.78 is 0. The summed E-state index contributed by atoms with van der Waals surface area (Å²) >= 11 is 0. The van der Waals surface area contributed by atoms with E-state index in [1.54, 1.807) is 6.33 Å². The molecule has 0 bridgehead atoms. The first-order valence-electron chi connectivity index (χ1n) is 7.10. The highest BCUT2D eigenvalue weighted by Crippen LogP contribution is 2.28. The van der Waals surface area contributed by atoms with Crippen LogP contribution in [-0.4, -0.2) is 16.5 Å². The van der Waals surface area contributed by atoms with Crippen LogP contribution in [0.4, 0.5) is 5.82 Å². The molecule has 1 aromatic carbocycles. The van der Waals surface area contributed by atoms with Gasteiger partial charge in [-0.1, -0.05) is 45.0 Å². The number of aromatic nitrogens is 2. The number of nitrogens with zero attached hydrogens (tertiary/aromatic N) is 2. The van der Waals surface area contributed by atoms with E-state index < -0.39 is 0 Å². The smallest absolute Gasteiger partial charge is 0.132 e. The van der Waals surface area contributed by atoms with Crippen LogP contribution in [0.5, 0.6) is 0 Å². The molecule has 0 saturated carbocycles. The molecule has 0 radical (unpaired) electrons. The van der Waals surface area contributed by atoms with E-state index >= 15 is 0 Å². The highest BCUT2D eigenvalue weighted by atomic mass is 15.0. The fourth-order valence-electron chi connectivity index (χ4n) is 2.21. The van der Waals surface area contributed by atoms with Gasteiger partial charge in [0.15, 0.2) is 0 Å². The molecule has 0 aliphatic carbocycles. The summed E-state index contributed by atoms with van der Waals surface area (Å²) in [5, 5.41) is 3.27. The van der Waals surface area contributed by atoms with Gasteiger partial charge in [-0.05, 0) is 24.8 Å². The molecule has 0 saturated heterocycles. The Kier molecular flexibility index (Phi) is 4.07. The molecule has 106 valence electrons. The van der Waals surface area contributed by atoms with Crippen LogP contribution < -0.4 is 5.32 Å². The summed E-state index contributed by atoms with van der Waals surface area (Å²) in [6.07, 6.45) is 1.62. The Morgan fingerprint density at radius 2 is 1.70 bits per heavy atom. The van der Waals surface area contributed by atoms with E-state index in [4.69, 9.17) is 0 Å². The molecule has 1 aromatic heterocycles. The van der Waals surface area contributed by atoms with Crippen LogP contribution in [-0.2, 0) is 5.41 Å². The molecule has 3 heteroatoms. The molecule has 3 nitrogen and oxygen atoms in total. The third-order valence-electron chi connectivity index (χ3n) is 3.45. The highest BCUT2D eigenvalue weighted by molar-refractivity contribution is 5.68. The van der Waals surface area contributed by atoms with Crippen molar-refractivity contribution in [1.29, 1.82) is 0 Å². The van der Waals surface area contributed by atoms with Crippen molar-refractivity contribution in [3.05, 3.63) is 41.7 Å². The Morgan fingerprint density at radius 1 is 1.05 bits per heavy atom. The van der Waals surface area contributed by atoms with Gasteiger partial charge in [-0.2, -0.15) is 0 Å². The Balaban J connectivity index is 2.39. The summed E-state index contributed by atoms with van der Waals surface area (Å²) in [7, 11) is 0. The lowest BCUT2D eigenvalue weighted by molar-refractivity contribution is 0.590. The molecule has 2 rings (SSSR count). The molecule has 1 N–H and O–H groups in total. The molecule has 2 aromatic rings. The number of anilines is 1. The van der Waals surface area contributed by atoms with Crippen LogP contribution in [0.25, 0.3) is 11.3 Å². The summed E-state index contributed by atoms with van der Waals surface area (Å²) in [5.74, 6) is 0.914. The minimum atomic E-state index is 0.175. The van der Waals surface area contributed by atoms with Gasteiger partial charge in [0.25, 0.3) is 0 Å². The number of hydrogen-bond donors (Lipinski definition) is 1. The maximum absolute atomic E-state index is 4.43. The Hall–Kier alpha value is -1.90. The number of nitrogens with one attached hydrogen (secondary N) is 1. The first-order chi connectivity index (χ1) is 9.43. The molecule has 20 heavy (non-hydrogen) atoms. The Morgan fingerprint density at radius 3 is 2.25 bits per heavy atom. The maximum Gasteiger partial charge on any atom is 0.132 e. The zero-order chi connectivity index (χ0) is 14.8. The largest absolute Gasteiger partial charge is 0.370 e. The van der Waals surface area contributed by atoms with Gasteiger partial charge in [0, 0.05) is 17.7 Å². The first kappa shape index (κ1) is 14.5. The molecular formula is C17H23N3. The highest BCUT2D eigenvalue weighted by Gasteiger charge is 2.14. The molecule has 0 spiro atoms. The van der Waals surface area contributed by atoms with Crippen LogP contribution >= 0.6 is 0 Å². The van der Waals surface area contributed by atoms with Gasteiger partial charge in [0.2, 0.25) is 0 Å². The van der Waals surface area contributed by atoms with Gasteiger partial charge in [-0.15, -0.1) is 0 Å². The summed E-state index contributed by atoms with van der Waals surface area (Å²) in [4.78, 5) is 8.72. The van der Waals surface area contributed by atoms with E-state index in [2.05, 4.69) is 74.2 Å². The third-order valence-corrected chi connectivity index (χ3v) is 3.45. The number of rotatable bonds is 3. The van der Waals surface area contributed by atoms with Crippen LogP contribution in [0.2, 0.25) is 0 Å². The van der Waals surface area contributed by atoms with Gasteiger partial charge in [0.05, 0.1) is 5.69 Å². The second-order valence-corrected chi connectivity index (χ2v) is 6.05. The van der Waals surface area contributed by atoms with Gasteiger partial charge >= 0.3 is 0 Å². The second-order valence-electron chi connectivity index (χ2n) is 6.05. The van der Waals surface area contributed by atoms with Crippen LogP contribution in [0, 0.1) is 6.92 Å². The van der Waals surface area contributed by atoms with Crippen molar-refractivity contribution >= 4 is 5.82 Å². The van der Waals surface area contributed by atoms with Gasteiger partial charge in [-0.25, -0.2) is 9.97 Å². The van der Waals surface area contributed by atoms with E-state index in [1.807, 2.05) is 0 Å². The number of benzene rings is 1. The SMILES string of the molecule is CCNc1ncnc(-c2ccc(C(C)(C)C)cc2)c1C. The van der Waals surface area contributed by atoms with E-state index in [-0.39, 0.29) is 5.41 Å². The zero-order valence-electron chi connectivity index (χ0n) is 13.0. The zero-order valence-corrected chi connectivity index (χ0v) is 13.0. The minimum absolute atomic E-state index is 0.175. The van der Waals surface area contributed by atoms with Crippen molar-refractivity contribution in [3.8, 4) is 11.3 Å². The maximum atomic E-state index is 4.43. The third kappa shape index (κ3) is 2.98. The van der Waals surface area contributed by atoms with Crippen molar-refractivity contribution in [2.75, 3.05) is 11.9 Å². The Labute approximate surface area is 121 Å². The van der Waals surface area contributed by atoms with Crippen molar-refractivity contribution in [2.24, 2.45) is 0 Å². The van der Waals surface area contributed by atoms with Crippen LogP contribution in [0.15, 0.2) is 30.6 Å². The van der Waals surface area contributed by atoms with Gasteiger partial charge in [-0.3, -0.25) is 0 Å². The summed E-state index contributed by atoms with van der Waals surface area (Å²) in [6.45, 7) is 11.7.